The van der Waals surface area contributed by atoms with E-state index in [1.165, 1.54) is 0 Å². The van der Waals surface area contributed by atoms with Crippen molar-refractivity contribution in [1.29, 1.82) is 0 Å². The third-order valence-corrected chi connectivity index (χ3v) is 3.79. The number of rotatable bonds is 9. The highest BCUT2D eigenvalue weighted by molar-refractivity contribution is 5.68. The van der Waals surface area contributed by atoms with E-state index >= 15 is 0 Å². The van der Waals surface area contributed by atoms with E-state index in [1.54, 1.807) is 0 Å². The van der Waals surface area contributed by atoms with E-state index in [9.17, 15) is 9.90 Å². The van der Waals surface area contributed by atoms with Gasteiger partial charge in [0.05, 0.1) is 19.1 Å². The molecule has 128 valence electrons. The van der Waals surface area contributed by atoms with E-state index in [-0.39, 0.29) is 12.8 Å². The van der Waals surface area contributed by atoms with E-state index in [0.29, 0.717) is 12.4 Å². The second kappa shape index (κ2) is 9.08. The van der Waals surface area contributed by atoms with Gasteiger partial charge in [0.25, 0.3) is 0 Å². The van der Waals surface area contributed by atoms with Gasteiger partial charge in [0.15, 0.2) is 0 Å². The number of hydrogen-bond donors (Lipinski definition) is 2. The number of aliphatic hydroxyl groups is 1. The second-order valence-corrected chi connectivity index (χ2v) is 5.85. The Kier molecular flexibility index (Phi) is 6.82. The van der Waals surface area contributed by atoms with Crippen LogP contribution in [-0.2, 0) is 11.2 Å². The molecule has 0 aromatic heterocycles. The van der Waals surface area contributed by atoms with Gasteiger partial charge in [-0.3, -0.25) is 4.79 Å². The minimum atomic E-state index is -1.00. The van der Waals surface area contributed by atoms with Gasteiger partial charge in [-0.1, -0.05) is 49.7 Å². The van der Waals surface area contributed by atoms with Crippen LogP contribution in [0.25, 0.3) is 11.1 Å². The highest BCUT2D eigenvalue weighted by atomic mass is 16.5. The van der Waals surface area contributed by atoms with Crippen molar-refractivity contribution in [3.63, 3.8) is 0 Å². The van der Waals surface area contributed by atoms with Crippen molar-refractivity contribution in [3.8, 4) is 16.9 Å². The maximum atomic E-state index is 10.8. The maximum Gasteiger partial charge on any atom is 0.305 e. The van der Waals surface area contributed by atoms with Crippen molar-refractivity contribution in [2.24, 2.45) is 0 Å². The smallest absolute Gasteiger partial charge is 0.305 e. The molecule has 0 unspecified atom stereocenters. The Balaban J connectivity index is 2.25. The Bertz CT molecular complexity index is 652. The van der Waals surface area contributed by atoms with Gasteiger partial charge >= 0.3 is 5.97 Å². The fourth-order valence-corrected chi connectivity index (χ4v) is 2.54. The Labute approximate surface area is 142 Å². The van der Waals surface area contributed by atoms with E-state index in [1.807, 2.05) is 48.5 Å². The SMILES string of the molecule is CCCCOc1ccc(-c2ccccc2)cc1C[C@@H](O)CC(=O)O. The lowest BCUT2D eigenvalue weighted by Gasteiger charge is -2.15. The molecular weight excluding hydrogens is 304 g/mol. The molecule has 24 heavy (non-hydrogen) atoms. The van der Waals surface area contributed by atoms with Gasteiger partial charge in [-0.15, -0.1) is 0 Å². The van der Waals surface area contributed by atoms with Crippen LogP contribution in [0.2, 0.25) is 0 Å². The lowest BCUT2D eigenvalue weighted by Crippen LogP contribution is -2.16. The summed E-state index contributed by atoms with van der Waals surface area (Å²) in [5.41, 5.74) is 2.93. The monoisotopic (exact) mass is 328 g/mol. The molecule has 1 atom stereocenters. The normalized spacial score (nSPS) is 11.9. The first-order valence-corrected chi connectivity index (χ1v) is 8.31. The van der Waals surface area contributed by atoms with Crippen LogP contribution in [0.15, 0.2) is 48.5 Å². The van der Waals surface area contributed by atoms with E-state index < -0.39 is 12.1 Å². The summed E-state index contributed by atoms with van der Waals surface area (Å²) in [6.07, 6.45) is 1.05. The summed E-state index contributed by atoms with van der Waals surface area (Å²) in [6.45, 7) is 2.71. The molecule has 2 aromatic rings. The molecule has 0 spiro atoms. The van der Waals surface area contributed by atoms with Gasteiger partial charge in [-0.2, -0.15) is 0 Å². The molecule has 0 aliphatic carbocycles. The quantitative estimate of drug-likeness (QED) is 0.685. The average Bonchev–Trinajstić information content (AvgIpc) is 2.56. The van der Waals surface area contributed by atoms with Gasteiger partial charge < -0.3 is 14.9 Å². The van der Waals surface area contributed by atoms with Gasteiger partial charge in [0.1, 0.15) is 5.75 Å². The molecule has 0 saturated carbocycles. The molecule has 0 saturated heterocycles. The van der Waals surface area contributed by atoms with E-state index in [2.05, 4.69) is 6.92 Å². The van der Waals surface area contributed by atoms with Gasteiger partial charge in [0, 0.05) is 6.42 Å². The molecule has 0 bridgehead atoms. The number of carboxylic acids is 1. The number of aliphatic hydroxyl groups excluding tert-OH is 1. The van der Waals surface area contributed by atoms with Crippen LogP contribution < -0.4 is 4.74 Å². The van der Waals surface area contributed by atoms with Crippen LogP contribution in [0.5, 0.6) is 5.75 Å². The summed E-state index contributed by atoms with van der Waals surface area (Å²) in [4.78, 5) is 10.8. The summed E-state index contributed by atoms with van der Waals surface area (Å²) in [5.74, 6) is -0.289. The van der Waals surface area contributed by atoms with E-state index in [4.69, 9.17) is 9.84 Å². The lowest BCUT2D eigenvalue weighted by molar-refractivity contribution is -0.139. The molecule has 0 amide bonds. The maximum absolute atomic E-state index is 10.8. The van der Waals surface area contributed by atoms with Crippen molar-refractivity contribution < 1.29 is 19.7 Å². The minimum Gasteiger partial charge on any atom is -0.493 e. The zero-order valence-electron chi connectivity index (χ0n) is 13.9. The standard InChI is InChI=1S/C20H24O4/c1-2-3-11-24-19-10-9-16(15-7-5-4-6-8-15)12-17(19)13-18(21)14-20(22)23/h4-10,12,18,21H,2-3,11,13-14H2,1H3,(H,22,23)/t18-/m1/s1. The highest BCUT2D eigenvalue weighted by Crippen LogP contribution is 2.28. The Morgan fingerprint density at radius 3 is 2.54 bits per heavy atom. The number of carboxylic acid groups (broad SMARTS) is 1. The second-order valence-electron chi connectivity index (χ2n) is 5.85. The number of ether oxygens (including phenoxy) is 1. The van der Waals surface area contributed by atoms with Gasteiger partial charge in [-0.05, 0) is 35.2 Å². The number of carbonyl (C=O) groups is 1. The van der Waals surface area contributed by atoms with Gasteiger partial charge in [-0.25, -0.2) is 0 Å². The van der Waals surface area contributed by atoms with Crippen molar-refractivity contribution in [1.82, 2.24) is 0 Å². The molecule has 2 rings (SSSR count). The molecule has 4 nitrogen and oxygen atoms in total. The summed E-state index contributed by atoms with van der Waals surface area (Å²) in [6, 6.07) is 15.8. The fourth-order valence-electron chi connectivity index (χ4n) is 2.54. The van der Waals surface area contributed by atoms with Crippen LogP contribution in [0, 0.1) is 0 Å². The van der Waals surface area contributed by atoms with Gasteiger partial charge in [0.2, 0.25) is 0 Å². The molecular formula is C20H24O4. The number of hydrogen-bond acceptors (Lipinski definition) is 3. The molecule has 0 fully saturated rings. The average molecular weight is 328 g/mol. The van der Waals surface area contributed by atoms with Crippen LogP contribution in [0.1, 0.15) is 31.7 Å². The first-order chi connectivity index (χ1) is 11.6. The summed E-state index contributed by atoms with van der Waals surface area (Å²) < 4.78 is 5.82. The van der Waals surface area contributed by atoms with Crippen LogP contribution in [-0.4, -0.2) is 28.9 Å². The molecule has 0 heterocycles. The summed E-state index contributed by atoms with van der Waals surface area (Å²) >= 11 is 0. The molecule has 2 aromatic carbocycles. The highest BCUT2D eigenvalue weighted by Gasteiger charge is 2.14. The van der Waals surface area contributed by atoms with Crippen LogP contribution >= 0.6 is 0 Å². The van der Waals surface area contributed by atoms with E-state index in [0.717, 1.165) is 29.5 Å². The summed E-state index contributed by atoms with van der Waals surface area (Å²) in [7, 11) is 0. The van der Waals surface area contributed by atoms with Crippen molar-refractivity contribution in [2.75, 3.05) is 6.61 Å². The predicted octanol–water partition coefficient (Wildman–Crippen LogP) is 3.91. The molecule has 4 heteroatoms. The topological polar surface area (TPSA) is 66.8 Å². The minimum absolute atomic E-state index is 0.258. The first-order valence-electron chi connectivity index (χ1n) is 8.31. The zero-order chi connectivity index (χ0) is 17.4. The van der Waals surface area contributed by atoms with Crippen molar-refractivity contribution in [2.45, 2.75) is 38.7 Å². The Morgan fingerprint density at radius 2 is 1.88 bits per heavy atom. The zero-order valence-corrected chi connectivity index (χ0v) is 13.9. The van der Waals surface area contributed by atoms with Crippen molar-refractivity contribution >= 4 is 5.97 Å². The number of unbranched alkanes of at least 4 members (excludes halogenated alkanes) is 1. The van der Waals surface area contributed by atoms with Crippen molar-refractivity contribution in [3.05, 3.63) is 54.1 Å². The third-order valence-electron chi connectivity index (χ3n) is 3.79. The molecule has 0 radical (unpaired) electrons. The fraction of sp³-hybridized carbons (Fsp3) is 0.350. The number of aliphatic carboxylic acids is 1. The molecule has 2 N–H and O–H groups in total. The first kappa shape index (κ1) is 18.0. The van der Waals surface area contributed by atoms with Crippen LogP contribution in [0.4, 0.5) is 0 Å². The molecule has 0 aliphatic heterocycles. The summed E-state index contributed by atoms with van der Waals surface area (Å²) in [5, 5.41) is 18.8. The Morgan fingerprint density at radius 1 is 1.12 bits per heavy atom. The molecule has 0 aliphatic rings. The predicted molar refractivity (Wildman–Crippen MR) is 94.2 cm³/mol. The third kappa shape index (κ3) is 5.39. The number of benzene rings is 2. The largest absolute Gasteiger partial charge is 0.493 e. The lowest BCUT2D eigenvalue weighted by atomic mass is 9.98. The Hall–Kier alpha value is -2.33. The van der Waals surface area contributed by atoms with Crippen LogP contribution in [0.3, 0.4) is 0 Å².